The molecule has 3 N–H and O–H groups in total. The van der Waals surface area contributed by atoms with Crippen LogP contribution in [0.25, 0.3) is 0 Å². The number of nitrogens with one attached hydrogen (secondary N) is 1. The number of rotatable bonds is 2. The van der Waals surface area contributed by atoms with Crippen LogP contribution in [0.1, 0.15) is 40.0 Å². The highest BCUT2D eigenvalue weighted by atomic mass is 16.2. The fraction of sp³-hybridized carbons (Fsp3) is 0.429. The molecule has 1 fully saturated rings. The molecule has 1 aromatic carbocycles. The van der Waals surface area contributed by atoms with Crippen LogP contribution in [-0.4, -0.2) is 35.8 Å². The van der Waals surface area contributed by atoms with Gasteiger partial charge in [0.2, 0.25) is 0 Å². The summed E-state index contributed by atoms with van der Waals surface area (Å²) in [4.78, 5) is 24.8. The molecule has 2 unspecified atom stereocenters. The molecule has 2 amide bonds. The van der Waals surface area contributed by atoms with Gasteiger partial charge in [0.25, 0.3) is 11.8 Å². The highest BCUT2D eigenvalue weighted by Crippen LogP contribution is 2.27. The second kappa shape index (κ2) is 4.35. The first kappa shape index (κ1) is 12.2. The minimum Gasteiger partial charge on any atom is -0.382 e. The van der Waals surface area contributed by atoms with Crippen molar-refractivity contribution in [3.05, 3.63) is 29.3 Å². The molecular formula is C14H17N3O2. The number of benzene rings is 1. The third-order valence-electron chi connectivity index (χ3n) is 3.93. The van der Waals surface area contributed by atoms with Crippen molar-refractivity contribution < 1.29 is 9.59 Å². The summed E-state index contributed by atoms with van der Waals surface area (Å²) in [6.07, 6.45) is 3.03. The van der Waals surface area contributed by atoms with E-state index in [1.165, 1.54) is 7.05 Å². The molecule has 5 heteroatoms. The number of amides is 2. The zero-order valence-corrected chi connectivity index (χ0v) is 10.8. The maximum Gasteiger partial charge on any atom is 0.261 e. The van der Waals surface area contributed by atoms with E-state index in [2.05, 4.69) is 5.32 Å². The number of nitrogens with two attached hydrogens (primary N) is 1. The maximum absolute atomic E-state index is 11.9. The van der Waals surface area contributed by atoms with Crippen molar-refractivity contribution in [3.63, 3.8) is 0 Å². The molecule has 2 aliphatic rings. The molecule has 19 heavy (non-hydrogen) atoms. The molecule has 2 atom stereocenters. The van der Waals surface area contributed by atoms with Crippen molar-refractivity contribution in [2.24, 2.45) is 5.73 Å². The molecule has 100 valence electrons. The van der Waals surface area contributed by atoms with Crippen molar-refractivity contribution >= 4 is 17.5 Å². The zero-order valence-electron chi connectivity index (χ0n) is 10.8. The summed E-state index contributed by atoms with van der Waals surface area (Å²) in [5, 5.41) is 3.39. The van der Waals surface area contributed by atoms with Crippen molar-refractivity contribution in [2.45, 2.75) is 31.3 Å². The van der Waals surface area contributed by atoms with Crippen molar-refractivity contribution in [3.8, 4) is 0 Å². The standard InChI is InChI=1S/C14H17N3O2/c1-17-13(18)11-5-4-10(7-12(11)14(17)19)16-9-3-2-8(15)6-9/h4-5,7-9,16H,2-3,6,15H2,1H3. The van der Waals surface area contributed by atoms with Crippen LogP contribution in [0.5, 0.6) is 0 Å². The van der Waals surface area contributed by atoms with Gasteiger partial charge in [-0.15, -0.1) is 0 Å². The van der Waals surface area contributed by atoms with E-state index in [1.807, 2.05) is 6.07 Å². The second-order valence-corrected chi connectivity index (χ2v) is 5.34. The first-order valence-electron chi connectivity index (χ1n) is 6.55. The summed E-state index contributed by atoms with van der Waals surface area (Å²) in [7, 11) is 1.51. The predicted molar refractivity (Wildman–Crippen MR) is 72.1 cm³/mol. The Bertz CT molecular complexity index is 556. The first-order valence-corrected chi connectivity index (χ1v) is 6.55. The van der Waals surface area contributed by atoms with Gasteiger partial charge in [-0.3, -0.25) is 14.5 Å². The van der Waals surface area contributed by atoms with Gasteiger partial charge in [-0.05, 0) is 37.5 Å². The highest BCUT2D eigenvalue weighted by molar-refractivity contribution is 6.21. The number of fused-ring (bicyclic) bond motifs is 1. The molecule has 0 aromatic heterocycles. The molecule has 0 spiro atoms. The lowest BCUT2D eigenvalue weighted by molar-refractivity contribution is 0.0693. The van der Waals surface area contributed by atoms with Gasteiger partial charge >= 0.3 is 0 Å². The van der Waals surface area contributed by atoms with Crippen LogP contribution in [0.4, 0.5) is 5.69 Å². The Kier molecular flexibility index (Phi) is 2.78. The van der Waals surface area contributed by atoms with Gasteiger partial charge in [-0.2, -0.15) is 0 Å². The number of carbonyl (C=O) groups excluding carboxylic acids is 2. The Morgan fingerprint density at radius 1 is 1.21 bits per heavy atom. The molecule has 1 saturated carbocycles. The lowest BCUT2D eigenvalue weighted by Gasteiger charge is -2.14. The van der Waals surface area contributed by atoms with E-state index < -0.39 is 0 Å². The predicted octanol–water partition coefficient (Wildman–Crippen LogP) is 1.20. The van der Waals surface area contributed by atoms with Crippen molar-refractivity contribution in [2.75, 3.05) is 12.4 Å². The van der Waals surface area contributed by atoms with E-state index in [0.29, 0.717) is 17.2 Å². The smallest absolute Gasteiger partial charge is 0.261 e. The van der Waals surface area contributed by atoms with Crippen LogP contribution >= 0.6 is 0 Å². The monoisotopic (exact) mass is 259 g/mol. The fourth-order valence-corrected chi connectivity index (χ4v) is 2.83. The molecule has 0 radical (unpaired) electrons. The molecule has 3 rings (SSSR count). The number of imide groups is 1. The number of anilines is 1. The number of hydrogen-bond donors (Lipinski definition) is 2. The molecule has 1 aliphatic carbocycles. The Labute approximate surface area is 111 Å². The summed E-state index contributed by atoms with van der Waals surface area (Å²) in [5.41, 5.74) is 7.74. The summed E-state index contributed by atoms with van der Waals surface area (Å²) in [5.74, 6) is -0.457. The Hall–Kier alpha value is -1.88. The van der Waals surface area contributed by atoms with E-state index in [-0.39, 0.29) is 17.9 Å². The SMILES string of the molecule is CN1C(=O)c2ccc(NC3CCC(N)C3)cc2C1=O. The van der Waals surface area contributed by atoms with Crippen LogP contribution < -0.4 is 11.1 Å². The third-order valence-corrected chi connectivity index (χ3v) is 3.93. The second-order valence-electron chi connectivity index (χ2n) is 5.34. The van der Waals surface area contributed by atoms with E-state index in [0.717, 1.165) is 29.8 Å². The highest BCUT2D eigenvalue weighted by Gasteiger charge is 2.33. The molecule has 5 nitrogen and oxygen atoms in total. The summed E-state index contributed by atoms with van der Waals surface area (Å²) >= 11 is 0. The average molecular weight is 259 g/mol. The number of nitrogens with zero attached hydrogens (tertiary/aromatic N) is 1. The van der Waals surface area contributed by atoms with Crippen LogP contribution in [0.3, 0.4) is 0 Å². The maximum atomic E-state index is 11.9. The van der Waals surface area contributed by atoms with Gasteiger partial charge in [0.1, 0.15) is 0 Å². The van der Waals surface area contributed by atoms with Gasteiger partial charge in [0, 0.05) is 24.8 Å². The molecule has 1 aromatic rings. The summed E-state index contributed by atoms with van der Waals surface area (Å²) in [6.45, 7) is 0. The van der Waals surface area contributed by atoms with Gasteiger partial charge in [0.15, 0.2) is 0 Å². The van der Waals surface area contributed by atoms with Crippen LogP contribution in [0.15, 0.2) is 18.2 Å². The lowest BCUT2D eigenvalue weighted by Crippen LogP contribution is -2.24. The Morgan fingerprint density at radius 2 is 1.95 bits per heavy atom. The van der Waals surface area contributed by atoms with Crippen molar-refractivity contribution in [1.82, 2.24) is 4.90 Å². The molecule has 0 saturated heterocycles. The number of hydrogen-bond acceptors (Lipinski definition) is 4. The van der Waals surface area contributed by atoms with Crippen LogP contribution in [0, 0.1) is 0 Å². The van der Waals surface area contributed by atoms with Crippen LogP contribution in [-0.2, 0) is 0 Å². The van der Waals surface area contributed by atoms with Gasteiger partial charge in [-0.1, -0.05) is 0 Å². The zero-order chi connectivity index (χ0) is 13.6. The largest absolute Gasteiger partial charge is 0.382 e. The normalized spacial score (nSPS) is 25.9. The summed E-state index contributed by atoms with van der Waals surface area (Å²) in [6, 6.07) is 5.96. The first-order chi connectivity index (χ1) is 9.06. The van der Waals surface area contributed by atoms with Crippen LogP contribution in [0.2, 0.25) is 0 Å². The van der Waals surface area contributed by atoms with Crippen molar-refractivity contribution in [1.29, 1.82) is 0 Å². The molecular weight excluding hydrogens is 242 g/mol. The van der Waals surface area contributed by atoms with Gasteiger partial charge in [-0.25, -0.2) is 0 Å². The minimum absolute atomic E-state index is 0.227. The molecule has 0 bridgehead atoms. The lowest BCUT2D eigenvalue weighted by atomic mass is 10.1. The van der Waals surface area contributed by atoms with Gasteiger partial charge < -0.3 is 11.1 Å². The average Bonchev–Trinajstić information content (AvgIpc) is 2.89. The van der Waals surface area contributed by atoms with Gasteiger partial charge in [0.05, 0.1) is 11.1 Å². The summed E-state index contributed by atoms with van der Waals surface area (Å²) < 4.78 is 0. The van der Waals surface area contributed by atoms with E-state index in [9.17, 15) is 9.59 Å². The van der Waals surface area contributed by atoms with E-state index >= 15 is 0 Å². The topological polar surface area (TPSA) is 75.4 Å². The van der Waals surface area contributed by atoms with E-state index in [1.54, 1.807) is 12.1 Å². The molecule has 1 aliphatic heterocycles. The van der Waals surface area contributed by atoms with E-state index in [4.69, 9.17) is 5.73 Å². The Balaban J connectivity index is 1.83. The quantitative estimate of drug-likeness (QED) is 0.783. The molecule has 1 heterocycles. The minimum atomic E-state index is -0.230. The Morgan fingerprint density at radius 3 is 2.63 bits per heavy atom. The third kappa shape index (κ3) is 2.00. The fourth-order valence-electron chi connectivity index (χ4n) is 2.83. The number of carbonyl (C=O) groups is 2.